The van der Waals surface area contributed by atoms with Crippen molar-refractivity contribution in [3.05, 3.63) is 0 Å². The molecule has 1 heterocycles. The lowest BCUT2D eigenvalue weighted by atomic mass is 9.49. The first-order valence-electron chi connectivity index (χ1n) is 8.64. The van der Waals surface area contributed by atoms with Crippen LogP contribution >= 0.6 is 0 Å². The van der Waals surface area contributed by atoms with Crippen LogP contribution in [0.1, 0.15) is 64.2 Å². The third-order valence-electron chi connectivity index (χ3n) is 7.11. The van der Waals surface area contributed by atoms with E-state index < -0.39 is 28.6 Å². The van der Waals surface area contributed by atoms with Gasteiger partial charge in [-0.2, -0.15) is 0 Å². The Labute approximate surface area is 130 Å². The normalized spacial score (nSPS) is 50.0. The van der Waals surface area contributed by atoms with Crippen molar-refractivity contribution in [2.75, 3.05) is 0 Å². The highest BCUT2D eigenvalue weighted by Gasteiger charge is 2.76. The Hall–Kier alpha value is -1.10. The quantitative estimate of drug-likeness (QED) is 0.819. The lowest BCUT2D eigenvalue weighted by molar-refractivity contribution is -0.225. The van der Waals surface area contributed by atoms with Gasteiger partial charge in [0, 0.05) is 6.42 Å². The Morgan fingerprint density at radius 1 is 0.864 bits per heavy atom. The number of carboxylic acids is 2. The molecule has 122 valence electrons. The van der Waals surface area contributed by atoms with Crippen molar-refractivity contribution in [1.29, 1.82) is 0 Å². The standard InChI is InChI=1S/C17H24O5/c18-13(19)15-8-3-9-16(10-15,14(20)21)22-17(15)11-4-1-5-12(17)7-2-6-11/h11-12H,1-10H2,(H,18,19)(H,20,21)/t11?,12?,15-,16+,17?/m0/s1. The topological polar surface area (TPSA) is 83.8 Å². The van der Waals surface area contributed by atoms with Crippen LogP contribution in [0.15, 0.2) is 0 Å². The van der Waals surface area contributed by atoms with Crippen molar-refractivity contribution in [3.63, 3.8) is 0 Å². The summed E-state index contributed by atoms with van der Waals surface area (Å²) in [5.74, 6) is -1.35. The predicted molar refractivity (Wildman–Crippen MR) is 77.4 cm³/mol. The maximum atomic E-state index is 12.3. The van der Waals surface area contributed by atoms with Crippen LogP contribution in [-0.4, -0.2) is 33.4 Å². The van der Waals surface area contributed by atoms with E-state index in [0.717, 1.165) is 38.5 Å². The van der Waals surface area contributed by atoms with Gasteiger partial charge < -0.3 is 14.9 Å². The molecule has 1 spiro atoms. The van der Waals surface area contributed by atoms with Gasteiger partial charge in [-0.3, -0.25) is 4.79 Å². The number of fused-ring (bicyclic) bond motifs is 2. The Morgan fingerprint density at radius 3 is 1.95 bits per heavy atom. The molecule has 3 aliphatic carbocycles. The van der Waals surface area contributed by atoms with Crippen molar-refractivity contribution in [1.82, 2.24) is 0 Å². The molecule has 2 N–H and O–H groups in total. The molecule has 1 saturated heterocycles. The fraction of sp³-hybridized carbons (Fsp3) is 0.882. The Bertz CT molecular complexity index is 507. The second-order valence-corrected chi connectivity index (χ2v) is 7.87. The molecule has 0 radical (unpaired) electrons. The molecule has 4 fully saturated rings. The zero-order valence-electron chi connectivity index (χ0n) is 12.8. The molecule has 4 rings (SSSR count). The zero-order chi connectivity index (χ0) is 15.6. The fourth-order valence-corrected chi connectivity index (χ4v) is 6.41. The van der Waals surface area contributed by atoms with E-state index >= 15 is 0 Å². The minimum Gasteiger partial charge on any atom is -0.481 e. The van der Waals surface area contributed by atoms with Crippen molar-refractivity contribution < 1.29 is 24.5 Å². The number of ether oxygens (including phenoxy) is 1. The minimum absolute atomic E-state index is 0.164. The summed E-state index contributed by atoms with van der Waals surface area (Å²) in [4.78, 5) is 24.3. The van der Waals surface area contributed by atoms with E-state index in [0.29, 0.717) is 19.3 Å². The van der Waals surface area contributed by atoms with Gasteiger partial charge in [0.05, 0.1) is 5.60 Å². The lowest BCUT2D eigenvalue weighted by Crippen LogP contribution is -2.62. The van der Waals surface area contributed by atoms with Gasteiger partial charge in [-0.05, 0) is 56.8 Å². The molecule has 0 unspecified atom stereocenters. The third kappa shape index (κ3) is 1.48. The Balaban J connectivity index is 1.90. The number of aliphatic carboxylic acids is 2. The van der Waals surface area contributed by atoms with Gasteiger partial charge >= 0.3 is 11.9 Å². The molecular formula is C17H24O5. The molecule has 0 amide bonds. The summed E-state index contributed by atoms with van der Waals surface area (Å²) in [5, 5.41) is 19.9. The van der Waals surface area contributed by atoms with E-state index in [1.807, 2.05) is 0 Å². The van der Waals surface area contributed by atoms with Gasteiger partial charge in [-0.1, -0.05) is 12.8 Å². The molecule has 2 atom stereocenters. The van der Waals surface area contributed by atoms with E-state index in [1.54, 1.807) is 0 Å². The van der Waals surface area contributed by atoms with E-state index in [9.17, 15) is 19.8 Å². The van der Waals surface area contributed by atoms with Gasteiger partial charge in [0.1, 0.15) is 5.41 Å². The second kappa shape index (κ2) is 4.47. The number of carbonyl (C=O) groups is 2. The molecular weight excluding hydrogens is 284 g/mol. The summed E-state index contributed by atoms with van der Waals surface area (Å²) in [6.07, 6.45) is 8.03. The summed E-state index contributed by atoms with van der Waals surface area (Å²) in [5.41, 5.74) is -2.98. The van der Waals surface area contributed by atoms with Crippen molar-refractivity contribution in [2.24, 2.45) is 17.3 Å². The largest absolute Gasteiger partial charge is 0.481 e. The molecule has 0 aromatic carbocycles. The van der Waals surface area contributed by atoms with Crippen LogP contribution in [0.5, 0.6) is 0 Å². The maximum Gasteiger partial charge on any atom is 0.336 e. The van der Waals surface area contributed by atoms with Gasteiger partial charge in [0.25, 0.3) is 0 Å². The second-order valence-electron chi connectivity index (χ2n) is 7.87. The van der Waals surface area contributed by atoms with Crippen LogP contribution in [0.25, 0.3) is 0 Å². The average Bonchev–Trinajstić information content (AvgIpc) is 2.66. The SMILES string of the molecule is O=C(O)[C@@]12CCC[C@@](C(=O)O)(C1)C1(O2)C2CCCC1CCC2. The van der Waals surface area contributed by atoms with E-state index in [2.05, 4.69) is 0 Å². The monoisotopic (exact) mass is 308 g/mol. The summed E-state index contributed by atoms with van der Waals surface area (Å²) in [6, 6.07) is 0. The van der Waals surface area contributed by atoms with Crippen LogP contribution in [0.4, 0.5) is 0 Å². The smallest absolute Gasteiger partial charge is 0.336 e. The number of hydrogen-bond donors (Lipinski definition) is 2. The summed E-state index contributed by atoms with van der Waals surface area (Å²) in [6.45, 7) is 0. The molecule has 3 saturated carbocycles. The molecule has 1 aliphatic heterocycles. The Kier molecular flexibility index (Phi) is 2.94. The predicted octanol–water partition coefficient (Wildman–Crippen LogP) is 2.82. The van der Waals surface area contributed by atoms with Crippen LogP contribution in [-0.2, 0) is 14.3 Å². The zero-order valence-corrected chi connectivity index (χ0v) is 12.8. The number of hydrogen-bond acceptors (Lipinski definition) is 3. The van der Waals surface area contributed by atoms with Crippen molar-refractivity contribution in [2.45, 2.75) is 75.4 Å². The van der Waals surface area contributed by atoms with Crippen LogP contribution < -0.4 is 0 Å². The molecule has 22 heavy (non-hydrogen) atoms. The van der Waals surface area contributed by atoms with Crippen LogP contribution in [0.3, 0.4) is 0 Å². The highest BCUT2D eigenvalue weighted by Crippen LogP contribution is 2.69. The first-order chi connectivity index (χ1) is 10.5. The first kappa shape index (κ1) is 14.5. The number of carboxylic acid groups (broad SMARTS) is 2. The maximum absolute atomic E-state index is 12.3. The van der Waals surface area contributed by atoms with E-state index in [1.165, 1.54) is 0 Å². The summed E-state index contributed by atoms with van der Waals surface area (Å²) < 4.78 is 6.41. The molecule has 5 heteroatoms. The molecule has 4 aliphatic rings. The highest BCUT2D eigenvalue weighted by molar-refractivity contribution is 5.84. The van der Waals surface area contributed by atoms with Gasteiger partial charge in [-0.15, -0.1) is 0 Å². The fourth-order valence-electron chi connectivity index (χ4n) is 6.41. The lowest BCUT2D eigenvalue weighted by Gasteiger charge is -2.56. The minimum atomic E-state index is -1.26. The summed E-state index contributed by atoms with van der Waals surface area (Å²) >= 11 is 0. The molecule has 0 aromatic rings. The van der Waals surface area contributed by atoms with Crippen molar-refractivity contribution >= 4 is 11.9 Å². The highest BCUT2D eigenvalue weighted by atomic mass is 16.6. The van der Waals surface area contributed by atoms with Crippen LogP contribution in [0, 0.1) is 17.3 Å². The molecule has 5 nitrogen and oxygen atoms in total. The van der Waals surface area contributed by atoms with Gasteiger partial charge in [0.2, 0.25) is 0 Å². The van der Waals surface area contributed by atoms with E-state index in [-0.39, 0.29) is 18.3 Å². The van der Waals surface area contributed by atoms with Gasteiger partial charge in [0.15, 0.2) is 5.60 Å². The average molecular weight is 308 g/mol. The Morgan fingerprint density at radius 2 is 1.45 bits per heavy atom. The molecule has 4 bridgehead atoms. The van der Waals surface area contributed by atoms with E-state index in [4.69, 9.17) is 4.74 Å². The van der Waals surface area contributed by atoms with Crippen LogP contribution in [0.2, 0.25) is 0 Å². The molecule has 0 aromatic heterocycles. The third-order valence-corrected chi connectivity index (χ3v) is 7.11. The van der Waals surface area contributed by atoms with Gasteiger partial charge in [-0.25, -0.2) is 4.79 Å². The first-order valence-corrected chi connectivity index (χ1v) is 8.64. The number of rotatable bonds is 2. The summed E-state index contributed by atoms with van der Waals surface area (Å²) in [7, 11) is 0. The van der Waals surface area contributed by atoms with Crippen molar-refractivity contribution in [3.8, 4) is 0 Å².